The fourth-order valence-electron chi connectivity index (χ4n) is 2.79. The summed E-state index contributed by atoms with van der Waals surface area (Å²) in [5.41, 5.74) is 3.23. The van der Waals surface area contributed by atoms with E-state index < -0.39 is 5.92 Å². The number of hydrogen-bond acceptors (Lipinski definition) is 4. The van der Waals surface area contributed by atoms with Crippen molar-refractivity contribution in [1.82, 2.24) is 10.6 Å². The van der Waals surface area contributed by atoms with Crippen LogP contribution < -0.4 is 10.6 Å². The number of benzene rings is 2. The zero-order chi connectivity index (χ0) is 16.9. The van der Waals surface area contributed by atoms with Crippen LogP contribution in [0.4, 0.5) is 0 Å². The van der Waals surface area contributed by atoms with Gasteiger partial charge in [-0.2, -0.15) is 5.26 Å². The Morgan fingerprint density at radius 3 is 2.54 bits per heavy atom. The van der Waals surface area contributed by atoms with Crippen LogP contribution in [0.1, 0.15) is 22.7 Å². The SMILES string of the molecule is Cc1ccccc1CSC1NC(=O)C(C#N)C(c2ccccc2)N1. The summed E-state index contributed by atoms with van der Waals surface area (Å²) < 4.78 is 0. The van der Waals surface area contributed by atoms with Crippen LogP contribution in [0.2, 0.25) is 0 Å². The normalized spacial score (nSPS) is 23.3. The van der Waals surface area contributed by atoms with Crippen molar-refractivity contribution < 1.29 is 4.79 Å². The molecule has 0 saturated carbocycles. The molecule has 3 rings (SSSR count). The van der Waals surface area contributed by atoms with Gasteiger partial charge in [0, 0.05) is 5.75 Å². The predicted octanol–water partition coefficient (Wildman–Crippen LogP) is 3.11. The van der Waals surface area contributed by atoms with Crippen LogP contribution in [0.3, 0.4) is 0 Å². The Kier molecular flexibility index (Phi) is 5.19. The molecule has 4 nitrogen and oxygen atoms in total. The van der Waals surface area contributed by atoms with E-state index in [-0.39, 0.29) is 17.4 Å². The Labute approximate surface area is 146 Å². The Hall–Kier alpha value is -2.29. The Morgan fingerprint density at radius 2 is 1.83 bits per heavy atom. The van der Waals surface area contributed by atoms with Gasteiger partial charge < -0.3 is 5.32 Å². The minimum absolute atomic E-state index is 0.215. The van der Waals surface area contributed by atoms with Crippen molar-refractivity contribution in [2.24, 2.45) is 5.92 Å². The van der Waals surface area contributed by atoms with Gasteiger partial charge in [0.15, 0.2) is 0 Å². The molecule has 1 fully saturated rings. The van der Waals surface area contributed by atoms with Crippen LogP contribution in [0.15, 0.2) is 54.6 Å². The molecular formula is C19H19N3OS. The highest BCUT2D eigenvalue weighted by Gasteiger charge is 2.37. The molecule has 2 aromatic rings. The van der Waals surface area contributed by atoms with Crippen LogP contribution >= 0.6 is 11.8 Å². The summed E-state index contributed by atoms with van der Waals surface area (Å²) in [5.74, 6) is -0.140. The number of hydrogen-bond donors (Lipinski definition) is 2. The highest BCUT2D eigenvalue weighted by molar-refractivity contribution is 7.99. The molecule has 1 aliphatic rings. The average molecular weight is 337 g/mol. The van der Waals surface area contributed by atoms with Crippen LogP contribution in [-0.4, -0.2) is 11.4 Å². The molecule has 2 N–H and O–H groups in total. The molecule has 3 unspecified atom stereocenters. The molecule has 24 heavy (non-hydrogen) atoms. The number of thioether (sulfide) groups is 1. The first-order chi connectivity index (χ1) is 11.7. The standard InChI is InChI=1S/C19H19N3OS/c1-13-7-5-6-10-15(13)12-24-19-21-17(14-8-3-2-4-9-14)16(11-20)18(23)22-19/h2-10,16-17,19,21H,12H2,1H3,(H,22,23). The van der Waals surface area contributed by atoms with Gasteiger partial charge in [0.25, 0.3) is 0 Å². The molecule has 0 spiro atoms. The van der Waals surface area contributed by atoms with Crippen molar-refractivity contribution >= 4 is 17.7 Å². The molecule has 3 atom stereocenters. The number of rotatable bonds is 4. The molecule has 1 heterocycles. The van der Waals surface area contributed by atoms with E-state index in [0.717, 1.165) is 11.3 Å². The van der Waals surface area contributed by atoms with Crippen molar-refractivity contribution in [3.8, 4) is 6.07 Å². The number of nitrogens with zero attached hydrogens (tertiary/aromatic N) is 1. The molecular weight excluding hydrogens is 318 g/mol. The van der Waals surface area contributed by atoms with E-state index in [2.05, 4.69) is 35.8 Å². The first-order valence-corrected chi connectivity index (χ1v) is 8.91. The van der Waals surface area contributed by atoms with Crippen molar-refractivity contribution in [2.75, 3.05) is 0 Å². The monoisotopic (exact) mass is 337 g/mol. The summed E-state index contributed by atoms with van der Waals surface area (Å²) in [7, 11) is 0. The van der Waals surface area contributed by atoms with E-state index in [0.29, 0.717) is 0 Å². The lowest BCUT2D eigenvalue weighted by Crippen LogP contribution is -2.55. The number of carbonyl (C=O) groups is 1. The van der Waals surface area contributed by atoms with Crippen LogP contribution in [0.25, 0.3) is 0 Å². The van der Waals surface area contributed by atoms with Gasteiger partial charge in [-0.3, -0.25) is 10.1 Å². The van der Waals surface area contributed by atoms with Gasteiger partial charge in [-0.25, -0.2) is 0 Å². The molecule has 5 heteroatoms. The molecule has 0 aromatic heterocycles. The van der Waals surface area contributed by atoms with Crippen molar-refractivity contribution in [3.05, 3.63) is 71.3 Å². The van der Waals surface area contributed by atoms with E-state index in [1.165, 1.54) is 11.1 Å². The highest BCUT2D eigenvalue weighted by atomic mass is 32.2. The van der Waals surface area contributed by atoms with Crippen LogP contribution in [0, 0.1) is 24.2 Å². The van der Waals surface area contributed by atoms with E-state index in [1.807, 2.05) is 42.5 Å². The molecule has 0 aliphatic carbocycles. The number of amides is 1. The third kappa shape index (κ3) is 3.61. The van der Waals surface area contributed by atoms with Gasteiger partial charge in [-0.05, 0) is 23.6 Å². The van der Waals surface area contributed by atoms with Gasteiger partial charge in [0.1, 0.15) is 11.4 Å². The summed E-state index contributed by atoms with van der Waals surface area (Å²) in [6.07, 6.45) is 0. The number of nitriles is 1. The van der Waals surface area contributed by atoms with Crippen molar-refractivity contribution in [2.45, 2.75) is 24.2 Å². The summed E-state index contributed by atoms with van der Waals surface area (Å²) in [6, 6.07) is 19.7. The minimum atomic E-state index is -0.720. The fraction of sp³-hybridized carbons (Fsp3) is 0.263. The number of nitrogens with one attached hydrogen (secondary N) is 2. The molecule has 2 aromatic carbocycles. The second-order valence-electron chi connectivity index (χ2n) is 5.79. The zero-order valence-electron chi connectivity index (χ0n) is 13.4. The minimum Gasteiger partial charge on any atom is -0.331 e. The predicted molar refractivity (Wildman–Crippen MR) is 95.8 cm³/mol. The van der Waals surface area contributed by atoms with E-state index in [9.17, 15) is 10.1 Å². The Bertz CT molecular complexity index is 757. The smallest absolute Gasteiger partial charge is 0.241 e. The second kappa shape index (κ2) is 7.52. The quantitative estimate of drug-likeness (QED) is 0.900. The molecule has 1 amide bonds. The molecule has 0 bridgehead atoms. The van der Waals surface area contributed by atoms with Gasteiger partial charge in [-0.15, -0.1) is 11.8 Å². The third-order valence-electron chi connectivity index (χ3n) is 4.18. The molecule has 0 radical (unpaired) electrons. The maximum Gasteiger partial charge on any atom is 0.241 e. The Balaban J connectivity index is 1.73. The fourth-order valence-corrected chi connectivity index (χ4v) is 3.90. The third-order valence-corrected chi connectivity index (χ3v) is 5.25. The Morgan fingerprint density at radius 1 is 1.12 bits per heavy atom. The zero-order valence-corrected chi connectivity index (χ0v) is 14.2. The van der Waals surface area contributed by atoms with E-state index in [1.54, 1.807) is 11.8 Å². The maximum absolute atomic E-state index is 12.3. The van der Waals surface area contributed by atoms with Gasteiger partial charge >= 0.3 is 0 Å². The van der Waals surface area contributed by atoms with Crippen LogP contribution in [0.5, 0.6) is 0 Å². The van der Waals surface area contributed by atoms with Gasteiger partial charge in [0.2, 0.25) is 5.91 Å². The summed E-state index contributed by atoms with van der Waals surface area (Å²) in [6.45, 7) is 2.08. The molecule has 122 valence electrons. The topological polar surface area (TPSA) is 64.9 Å². The summed E-state index contributed by atoms with van der Waals surface area (Å²) in [4.78, 5) is 12.3. The lowest BCUT2D eigenvalue weighted by molar-refractivity contribution is -0.126. The molecule has 1 saturated heterocycles. The van der Waals surface area contributed by atoms with Crippen LogP contribution in [-0.2, 0) is 10.5 Å². The summed E-state index contributed by atoms with van der Waals surface area (Å²) in [5, 5.41) is 15.7. The number of carbonyl (C=O) groups excluding carboxylic acids is 1. The first kappa shape index (κ1) is 16.6. The largest absolute Gasteiger partial charge is 0.331 e. The maximum atomic E-state index is 12.3. The highest BCUT2D eigenvalue weighted by Crippen LogP contribution is 2.29. The second-order valence-corrected chi connectivity index (χ2v) is 6.88. The van der Waals surface area contributed by atoms with Crippen molar-refractivity contribution in [3.63, 3.8) is 0 Å². The van der Waals surface area contributed by atoms with Gasteiger partial charge in [0.05, 0.1) is 12.1 Å². The van der Waals surface area contributed by atoms with Crippen molar-refractivity contribution in [1.29, 1.82) is 5.26 Å². The van der Waals surface area contributed by atoms with E-state index in [4.69, 9.17) is 0 Å². The molecule has 1 aliphatic heterocycles. The summed E-state index contributed by atoms with van der Waals surface area (Å²) >= 11 is 1.63. The average Bonchev–Trinajstić information content (AvgIpc) is 2.61. The van der Waals surface area contributed by atoms with Gasteiger partial charge in [-0.1, -0.05) is 54.6 Å². The lowest BCUT2D eigenvalue weighted by Gasteiger charge is -2.34. The first-order valence-electron chi connectivity index (χ1n) is 7.86. The van der Waals surface area contributed by atoms with E-state index >= 15 is 0 Å². The lowest BCUT2D eigenvalue weighted by atomic mass is 9.92. The number of aryl methyl sites for hydroxylation is 1.